The maximum absolute atomic E-state index is 9.25. The molecule has 0 spiro atoms. The Balaban J connectivity index is 1.35. The lowest BCUT2D eigenvalue weighted by Gasteiger charge is -2.41. The van der Waals surface area contributed by atoms with Gasteiger partial charge in [0.25, 0.3) is 6.71 Å². The molecule has 0 aliphatic carbocycles. The van der Waals surface area contributed by atoms with Crippen molar-refractivity contribution >= 4 is 88.7 Å². The van der Waals surface area contributed by atoms with E-state index in [4.69, 9.17) is 4.74 Å². The molecule has 0 bridgehead atoms. The maximum atomic E-state index is 9.25. The molecular weight excluding hydrogens is 784 g/mol. The second-order valence-corrected chi connectivity index (χ2v) is 22.9. The number of fused-ring (bicyclic) bond motifs is 8. The molecule has 0 fully saturated rings. The van der Waals surface area contributed by atoms with Crippen molar-refractivity contribution in [3.8, 4) is 11.5 Å². The summed E-state index contributed by atoms with van der Waals surface area (Å²) in [6, 6.07) is 50.1. The van der Waals surface area contributed by atoms with Crippen LogP contribution in [0.15, 0.2) is 140 Å². The quantitative estimate of drug-likeness (QED) is 0.164. The molecule has 63 heavy (non-hydrogen) atoms. The highest BCUT2D eigenvalue weighted by Gasteiger charge is 2.44. The van der Waals surface area contributed by atoms with Gasteiger partial charge in [-0.25, -0.2) is 0 Å². The van der Waals surface area contributed by atoms with Crippen molar-refractivity contribution in [2.24, 2.45) is 0 Å². The van der Waals surface area contributed by atoms with Crippen LogP contribution in [0, 0.1) is 0 Å². The normalized spacial score (nSPS) is 14.0. The van der Waals surface area contributed by atoms with Gasteiger partial charge < -0.3 is 14.5 Å². The topological polar surface area (TPSA) is 15.7 Å². The van der Waals surface area contributed by atoms with E-state index in [1.165, 1.54) is 47.9 Å². The summed E-state index contributed by atoms with van der Waals surface area (Å²) in [6.07, 6.45) is 0. The number of rotatable bonds is 4. The van der Waals surface area contributed by atoms with E-state index in [9.17, 15) is 1.37 Å². The highest BCUT2D eigenvalue weighted by molar-refractivity contribution is 7.27. The van der Waals surface area contributed by atoms with Gasteiger partial charge >= 0.3 is 0 Å². The second kappa shape index (κ2) is 14.4. The molecule has 316 valence electrons. The molecule has 1 aromatic heterocycles. The van der Waals surface area contributed by atoms with Crippen molar-refractivity contribution in [2.45, 2.75) is 105 Å². The first kappa shape index (κ1) is 40.0. The Morgan fingerprint density at radius 3 is 1.67 bits per heavy atom. The Morgan fingerprint density at radius 2 is 1.10 bits per heavy atom. The third-order valence-corrected chi connectivity index (χ3v) is 14.5. The fourth-order valence-corrected chi connectivity index (χ4v) is 10.9. The van der Waals surface area contributed by atoms with Gasteiger partial charge in [0.1, 0.15) is 11.5 Å². The van der Waals surface area contributed by atoms with Crippen LogP contribution in [-0.2, 0) is 21.7 Å². The molecule has 7 aromatic carbocycles. The van der Waals surface area contributed by atoms with Gasteiger partial charge in [0.2, 0.25) is 0 Å². The number of hydrogen-bond donors (Lipinski definition) is 0. The van der Waals surface area contributed by atoms with E-state index >= 15 is 0 Å². The van der Waals surface area contributed by atoms with E-state index < -0.39 is 0 Å². The second-order valence-electron chi connectivity index (χ2n) is 21.9. The van der Waals surface area contributed by atoms with Gasteiger partial charge in [0.05, 0.1) is 17.4 Å². The molecule has 2 aliphatic heterocycles. The lowest BCUT2D eigenvalue weighted by Crippen LogP contribution is -2.59. The lowest BCUT2D eigenvalue weighted by molar-refractivity contribution is 0.486. The van der Waals surface area contributed by atoms with Crippen molar-refractivity contribution in [1.82, 2.24) is 0 Å². The number of hydrogen-bond acceptors (Lipinski definition) is 4. The van der Waals surface area contributed by atoms with Gasteiger partial charge in [-0.05, 0) is 127 Å². The van der Waals surface area contributed by atoms with Gasteiger partial charge in [-0.15, -0.1) is 11.3 Å². The van der Waals surface area contributed by atoms with Crippen LogP contribution in [0.2, 0.25) is 0 Å². The van der Waals surface area contributed by atoms with Crippen molar-refractivity contribution in [3.05, 3.63) is 162 Å². The van der Waals surface area contributed by atoms with E-state index in [1.807, 2.05) is 17.4 Å². The fraction of sp³-hybridized carbons (Fsp3) is 0.276. The van der Waals surface area contributed by atoms with Crippen molar-refractivity contribution in [1.29, 1.82) is 0 Å². The summed E-state index contributed by atoms with van der Waals surface area (Å²) in [6.45, 7) is 27.2. The summed E-state index contributed by atoms with van der Waals surface area (Å²) < 4.78 is 18.6. The molecule has 8 aromatic rings. The smallest absolute Gasteiger partial charge is 0.256 e. The number of ether oxygens (including phenoxy) is 1. The molecule has 0 unspecified atom stereocenters. The van der Waals surface area contributed by atoms with Crippen molar-refractivity contribution < 1.29 is 6.11 Å². The largest absolute Gasteiger partial charge is 0.458 e. The molecule has 10 rings (SSSR count). The maximum Gasteiger partial charge on any atom is 0.256 e. The minimum atomic E-state index is -0.154. The van der Waals surface area contributed by atoms with Gasteiger partial charge in [-0.3, -0.25) is 0 Å². The standard InChI is InChI=1S/C58H59BN2OS/c1-55(2,3)36-20-27-40(28-21-36)60(41-29-22-37(23-30-41)56(4,5)6)47-35-45-53(54-51(47)43-16-13-14-19-50(43)63-54)61(42-31-24-38(25-32-42)57(7,8)9)46-17-15-18-49-52(46)59(45)44-34-39(58(10,11)12)26-33-48(44)62-49/h13-35H,1-12H3/i15D. The van der Waals surface area contributed by atoms with Crippen LogP contribution >= 0.6 is 11.3 Å². The predicted molar refractivity (Wildman–Crippen MR) is 275 cm³/mol. The Bertz CT molecular complexity index is 3060. The average molecular weight is 844 g/mol. The third-order valence-electron chi connectivity index (χ3n) is 13.3. The minimum Gasteiger partial charge on any atom is -0.458 e. The van der Waals surface area contributed by atoms with E-state index in [0.29, 0.717) is 6.04 Å². The first-order valence-electron chi connectivity index (χ1n) is 23.0. The van der Waals surface area contributed by atoms with Crippen LogP contribution < -0.4 is 30.9 Å². The number of benzene rings is 7. The summed E-state index contributed by atoms with van der Waals surface area (Å²) in [4.78, 5) is 4.94. The van der Waals surface area contributed by atoms with Crippen LogP contribution in [0.25, 0.3) is 20.2 Å². The van der Waals surface area contributed by atoms with E-state index in [1.54, 1.807) is 0 Å². The van der Waals surface area contributed by atoms with Gasteiger partial charge in [0, 0.05) is 38.2 Å². The van der Waals surface area contributed by atoms with E-state index in [2.05, 4.69) is 220 Å². The summed E-state index contributed by atoms with van der Waals surface area (Å²) in [5.74, 6) is 1.59. The molecule has 0 saturated carbocycles. The Hall–Kier alpha value is -5.78. The molecule has 0 radical (unpaired) electrons. The highest BCUT2D eigenvalue weighted by atomic mass is 32.1. The Labute approximate surface area is 380 Å². The molecular formula is C58H59BN2OS. The monoisotopic (exact) mass is 843 g/mol. The predicted octanol–water partition coefficient (Wildman–Crippen LogP) is 15.1. The summed E-state index contributed by atoms with van der Waals surface area (Å²) >= 11 is 1.87. The summed E-state index contributed by atoms with van der Waals surface area (Å²) in [5.41, 5.74) is 15.2. The van der Waals surface area contributed by atoms with Crippen LogP contribution in [0.4, 0.5) is 34.1 Å². The SMILES string of the molecule is [2H]c1cc2c3c(c1)N(c1ccc(C(C)(C)C)cc1)c1c(cc(N(c4ccc(C(C)(C)C)cc4)c4ccc(C(C)(C)C)cc4)c4c1sc1ccccc14)B3c1cc(C(C)(C)C)ccc1O2. The molecule has 2 aliphatic rings. The molecule has 0 amide bonds. The first-order chi connectivity index (χ1) is 30.2. The van der Waals surface area contributed by atoms with Crippen molar-refractivity contribution in [2.75, 3.05) is 9.80 Å². The molecule has 3 heterocycles. The van der Waals surface area contributed by atoms with E-state index in [-0.39, 0.29) is 28.4 Å². The van der Waals surface area contributed by atoms with Crippen LogP contribution in [-0.4, -0.2) is 6.71 Å². The lowest BCUT2D eigenvalue weighted by atomic mass is 9.34. The van der Waals surface area contributed by atoms with Gasteiger partial charge in [0.15, 0.2) is 0 Å². The van der Waals surface area contributed by atoms with E-state index in [0.717, 1.165) is 56.5 Å². The number of thiophene rings is 1. The first-order valence-corrected chi connectivity index (χ1v) is 23.4. The van der Waals surface area contributed by atoms with Crippen LogP contribution in [0.5, 0.6) is 11.5 Å². The Morgan fingerprint density at radius 1 is 0.556 bits per heavy atom. The number of nitrogens with zero attached hydrogens (tertiary/aromatic N) is 2. The van der Waals surface area contributed by atoms with Crippen LogP contribution in [0.1, 0.15) is 107 Å². The zero-order chi connectivity index (χ0) is 45.2. The molecule has 5 heteroatoms. The summed E-state index contributed by atoms with van der Waals surface area (Å²) in [7, 11) is 0. The zero-order valence-electron chi connectivity index (χ0n) is 40.0. The highest BCUT2D eigenvalue weighted by Crippen LogP contribution is 2.52. The third kappa shape index (κ3) is 6.95. The van der Waals surface area contributed by atoms with Crippen LogP contribution in [0.3, 0.4) is 0 Å². The minimum absolute atomic E-state index is 0.000721. The Kier molecular flexibility index (Phi) is 9.13. The summed E-state index contributed by atoms with van der Waals surface area (Å²) in [5, 5.41) is 2.45. The molecule has 0 saturated heterocycles. The van der Waals surface area contributed by atoms with Gasteiger partial charge in [-0.2, -0.15) is 0 Å². The molecule has 0 N–H and O–H groups in total. The zero-order valence-corrected chi connectivity index (χ0v) is 39.8. The van der Waals surface area contributed by atoms with Crippen molar-refractivity contribution in [3.63, 3.8) is 0 Å². The molecule has 3 nitrogen and oxygen atoms in total. The fourth-order valence-electron chi connectivity index (χ4n) is 9.63. The number of anilines is 6. The molecule has 0 atom stereocenters. The average Bonchev–Trinajstić information content (AvgIpc) is 3.63. The van der Waals surface area contributed by atoms with Gasteiger partial charge in [-0.1, -0.05) is 156 Å².